The zero-order valence-corrected chi connectivity index (χ0v) is 14.5. The van der Waals surface area contributed by atoms with Crippen LogP contribution in [0.4, 0.5) is 0 Å². The van der Waals surface area contributed by atoms with Gasteiger partial charge in [-0.15, -0.1) is 5.10 Å². The van der Waals surface area contributed by atoms with Crippen LogP contribution >= 0.6 is 0 Å². The molecule has 0 saturated carbocycles. The molecule has 0 radical (unpaired) electrons. The molecule has 3 rings (SSSR count). The molecule has 2 atom stereocenters. The lowest BCUT2D eigenvalue weighted by Crippen LogP contribution is -2.38. The van der Waals surface area contributed by atoms with Crippen molar-refractivity contribution in [2.24, 2.45) is 0 Å². The molecule has 1 aliphatic rings. The van der Waals surface area contributed by atoms with Crippen LogP contribution in [0, 0.1) is 6.92 Å². The molecule has 1 N–H and O–H groups in total. The van der Waals surface area contributed by atoms with Gasteiger partial charge in [0.25, 0.3) is 0 Å². The highest BCUT2D eigenvalue weighted by molar-refractivity contribution is 5.80. The first-order valence-corrected chi connectivity index (χ1v) is 8.44. The maximum atomic E-state index is 12.8. The standard InChI is InChI=1S/C17H23N5O3/c1-12-19-20-21-22(12)16(10-13-5-3-6-14(9-13)24-2)17(23)18-11-15-7-4-8-25-15/h3,5-6,9,15-16H,4,7-8,10-11H2,1-2H3,(H,18,23). The fraction of sp³-hybridized carbons (Fsp3) is 0.529. The average Bonchev–Trinajstić information content (AvgIpc) is 3.29. The van der Waals surface area contributed by atoms with Crippen LogP contribution in [-0.4, -0.2) is 52.5 Å². The number of nitrogens with one attached hydrogen (secondary N) is 1. The number of tetrazole rings is 1. The van der Waals surface area contributed by atoms with E-state index >= 15 is 0 Å². The molecule has 2 heterocycles. The van der Waals surface area contributed by atoms with Crippen LogP contribution in [-0.2, 0) is 16.0 Å². The molecule has 8 heteroatoms. The zero-order chi connectivity index (χ0) is 17.6. The highest BCUT2D eigenvalue weighted by atomic mass is 16.5. The molecule has 1 aliphatic heterocycles. The van der Waals surface area contributed by atoms with Crippen molar-refractivity contribution in [2.75, 3.05) is 20.3 Å². The van der Waals surface area contributed by atoms with Gasteiger partial charge in [0.2, 0.25) is 5.91 Å². The molecule has 0 spiro atoms. The minimum absolute atomic E-state index is 0.0939. The number of carbonyl (C=O) groups is 1. The topological polar surface area (TPSA) is 91.2 Å². The van der Waals surface area contributed by atoms with E-state index in [1.165, 1.54) is 0 Å². The van der Waals surface area contributed by atoms with Crippen molar-refractivity contribution in [3.63, 3.8) is 0 Å². The van der Waals surface area contributed by atoms with Crippen LogP contribution in [0.5, 0.6) is 5.75 Å². The zero-order valence-electron chi connectivity index (χ0n) is 14.5. The smallest absolute Gasteiger partial charge is 0.245 e. The molecule has 1 aromatic carbocycles. The van der Waals surface area contributed by atoms with E-state index in [0.717, 1.165) is 30.8 Å². The van der Waals surface area contributed by atoms with Gasteiger partial charge in [0.15, 0.2) is 0 Å². The summed E-state index contributed by atoms with van der Waals surface area (Å²) in [6.45, 7) is 3.06. The third kappa shape index (κ3) is 4.33. The summed E-state index contributed by atoms with van der Waals surface area (Å²) in [5.41, 5.74) is 0.978. The highest BCUT2D eigenvalue weighted by Crippen LogP contribution is 2.19. The first kappa shape index (κ1) is 17.3. The van der Waals surface area contributed by atoms with E-state index in [1.54, 1.807) is 18.7 Å². The van der Waals surface area contributed by atoms with E-state index in [9.17, 15) is 4.79 Å². The van der Waals surface area contributed by atoms with Crippen molar-refractivity contribution >= 4 is 5.91 Å². The Hall–Kier alpha value is -2.48. The number of hydrogen-bond acceptors (Lipinski definition) is 6. The summed E-state index contributed by atoms with van der Waals surface area (Å²) in [5.74, 6) is 1.23. The number of nitrogens with zero attached hydrogens (tertiary/aromatic N) is 4. The van der Waals surface area contributed by atoms with Gasteiger partial charge in [-0.1, -0.05) is 12.1 Å². The number of ether oxygens (including phenoxy) is 2. The number of benzene rings is 1. The summed E-state index contributed by atoms with van der Waals surface area (Å²) >= 11 is 0. The van der Waals surface area contributed by atoms with Crippen molar-refractivity contribution in [1.29, 1.82) is 0 Å². The Morgan fingerprint density at radius 3 is 3.08 bits per heavy atom. The van der Waals surface area contributed by atoms with Gasteiger partial charge in [-0.3, -0.25) is 4.79 Å². The fourth-order valence-electron chi connectivity index (χ4n) is 2.98. The van der Waals surface area contributed by atoms with E-state index < -0.39 is 6.04 Å². The molecule has 25 heavy (non-hydrogen) atoms. The Kier molecular flexibility index (Phi) is 5.60. The lowest BCUT2D eigenvalue weighted by molar-refractivity contribution is -0.125. The highest BCUT2D eigenvalue weighted by Gasteiger charge is 2.25. The number of methoxy groups -OCH3 is 1. The third-order valence-electron chi connectivity index (χ3n) is 4.35. The van der Waals surface area contributed by atoms with Gasteiger partial charge in [0, 0.05) is 19.6 Å². The minimum atomic E-state index is -0.525. The Labute approximate surface area is 146 Å². The van der Waals surface area contributed by atoms with Gasteiger partial charge in [0.05, 0.1) is 13.2 Å². The predicted octanol–water partition coefficient (Wildman–Crippen LogP) is 1.07. The molecule has 134 valence electrons. The first-order valence-electron chi connectivity index (χ1n) is 8.44. The number of aryl methyl sites for hydroxylation is 1. The summed E-state index contributed by atoms with van der Waals surface area (Å²) in [7, 11) is 1.62. The molecular formula is C17H23N5O3. The lowest BCUT2D eigenvalue weighted by atomic mass is 10.0. The fourth-order valence-corrected chi connectivity index (χ4v) is 2.98. The summed E-state index contributed by atoms with van der Waals surface area (Å²) in [6, 6.07) is 7.13. The van der Waals surface area contributed by atoms with Crippen LogP contribution in [0.3, 0.4) is 0 Å². The average molecular weight is 345 g/mol. The summed E-state index contributed by atoms with van der Waals surface area (Å²) in [6.07, 6.45) is 2.59. The quantitative estimate of drug-likeness (QED) is 0.807. The van der Waals surface area contributed by atoms with Crippen molar-refractivity contribution in [3.05, 3.63) is 35.7 Å². The van der Waals surface area contributed by atoms with Gasteiger partial charge >= 0.3 is 0 Å². The molecule has 0 aliphatic carbocycles. The monoisotopic (exact) mass is 345 g/mol. The SMILES string of the molecule is COc1cccc(CC(C(=O)NCC2CCCO2)n2nnnc2C)c1. The predicted molar refractivity (Wildman–Crippen MR) is 90.3 cm³/mol. The Balaban J connectivity index is 1.74. The number of amides is 1. The van der Waals surface area contributed by atoms with Crippen molar-refractivity contribution < 1.29 is 14.3 Å². The van der Waals surface area contributed by atoms with E-state index in [1.807, 2.05) is 24.3 Å². The molecule has 0 bridgehead atoms. The largest absolute Gasteiger partial charge is 0.497 e. The van der Waals surface area contributed by atoms with Crippen LogP contribution < -0.4 is 10.1 Å². The van der Waals surface area contributed by atoms with Crippen LogP contribution in [0.1, 0.15) is 30.3 Å². The Morgan fingerprint density at radius 1 is 1.52 bits per heavy atom. The van der Waals surface area contributed by atoms with E-state index in [2.05, 4.69) is 20.8 Å². The minimum Gasteiger partial charge on any atom is -0.497 e. The molecule has 1 amide bonds. The van der Waals surface area contributed by atoms with E-state index in [4.69, 9.17) is 9.47 Å². The van der Waals surface area contributed by atoms with Crippen molar-refractivity contribution in [3.8, 4) is 5.75 Å². The van der Waals surface area contributed by atoms with Crippen molar-refractivity contribution in [2.45, 2.75) is 38.3 Å². The molecule has 2 aromatic rings. The summed E-state index contributed by atoms with van der Waals surface area (Å²) < 4.78 is 12.4. The molecular weight excluding hydrogens is 322 g/mol. The molecule has 1 aromatic heterocycles. The second kappa shape index (κ2) is 8.06. The van der Waals surface area contributed by atoms with E-state index in [0.29, 0.717) is 18.8 Å². The number of hydrogen-bond donors (Lipinski definition) is 1. The number of aromatic nitrogens is 4. The number of rotatable bonds is 7. The van der Waals surface area contributed by atoms with Gasteiger partial charge in [0.1, 0.15) is 17.6 Å². The van der Waals surface area contributed by atoms with E-state index in [-0.39, 0.29) is 12.0 Å². The first-order chi connectivity index (χ1) is 12.2. The van der Waals surface area contributed by atoms with Crippen LogP contribution in [0.2, 0.25) is 0 Å². The maximum Gasteiger partial charge on any atom is 0.245 e. The molecule has 2 unspecified atom stereocenters. The van der Waals surface area contributed by atoms with Gasteiger partial charge in [-0.2, -0.15) is 0 Å². The Bertz CT molecular complexity index is 712. The molecule has 1 fully saturated rings. The lowest BCUT2D eigenvalue weighted by Gasteiger charge is -2.19. The van der Waals surface area contributed by atoms with Gasteiger partial charge in [-0.25, -0.2) is 4.68 Å². The summed E-state index contributed by atoms with van der Waals surface area (Å²) in [4.78, 5) is 12.8. The molecule has 1 saturated heterocycles. The Morgan fingerprint density at radius 2 is 2.40 bits per heavy atom. The third-order valence-corrected chi connectivity index (χ3v) is 4.35. The van der Waals surface area contributed by atoms with Crippen molar-refractivity contribution in [1.82, 2.24) is 25.5 Å². The van der Waals surface area contributed by atoms with Gasteiger partial charge < -0.3 is 14.8 Å². The second-order valence-corrected chi connectivity index (χ2v) is 6.12. The summed E-state index contributed by atoms with van der Waals surface area (Å²) in [5, 5.41) is 14.5. The normalized spacial score (nSPS) is 18.1. The molecule has 8 nitrogen and oxygen atoms in total. The van der Waals surface area contributed by atoms with Crippen LogP contribution in [0.15, 0.2) is 24.3 Å². The second-order valence-electron chi connectivity index (χ2n) is 6.12. The maximum absolute atomic E-state index is 12.8. The van der Waals surface area contributed by atoms with Crippen LogP contribution in [0.25, 0.3) is 0 Å². The number of carbonyl (C=O) groups excluding carboxylic acids is 1. The van der Waals surface area contributed by atoms with Gasteiger partial charge in [-0.05, 0) is 47.9 Å².